The molecule has 1 amide bonds. The van der Waals surface area contributed by atoms with E-state index in [2.05, 4.69) is 10.3 Å². The van der Waals surface area contributed by atoms with Crippen molar-refractivity contribution in [2.45, 2.75) is 25.3 Å². The number of carbonyl (C=O) groups is 1. The molecule has 4 rings (SSSR count). The summed E-state index contributed by atoms with van der Waals surface area (Å²) in [5, 5.41) is 3.90. The van der Waals surface area contributed by atoms with E-state index in [0.717, 1.165) is 29.3 Å². The summed E-state index contributed by atoms with van der Waals surface area (Å²) in [4.78, 5) is 15.8. The van der Waals surface area contributed by atoms with Crippen molar-refractivity contribution in [2.24, 2.45) is 0 Å². The molecule has 0 aliphatic heterocycles. The van der Waals surface area contributed by atoms with E-state index in [1.165, 1.54) is 10.6 Å². The Labute approximate surface area is 158 Å². The molecule has 7 heteroatoms. The smallest absolute Gasteiger partial charge is 0.232 e. The molecule has 0 atom stereocenters. The largest absolute Gasteiger partial charge is 0.361 e. The van der Waals surface area contributed by atoms with Gasteiger partial charge in [-0.3, -0.25) is 9.10 Å². The van der Waals surface area contributed by atoms with Crippen molar-refractivity contribution in [3.05, 3.63) is 60.3 Å². The van der Waals surface area contributed by atoms with Gasteiger partial charge in [0.15, 0.2) is 0 Å². The molecule has 1 fully saturated rings. The molecule has 0 saturated heterocycles. The summed E-state index contributed by atoms with van der Waals surface area (Å²) >= 11 is 0. The van der Waals surface area contributed by atoms with Crippen LogP contribution in [0.3, 0.4) is 0 Å². The number of fused-ring (bicyclic) bond motifs is 1. The lowest BCUT2D eigenvalue weighted by Crippen LogP contribution is -2.33. The van der Waals surface area contributed by atoms with Crippen molar-refractivity contribution in [2.75, 3.05) is 15.9 Å². The Hall–Kier alpha value is -2.80. The van der Waals surface area contributed by atoms with Crippen molar-refractivity contribution in [3.8, 4) is 0 Å². The highest BCUT2D eigenvalue weighted by Gasteiger charge is 2.36. The number of carbonyl (C=O) groups excluding carboxylic acids is 1. The summed E-state index contributed by atoms with van der Waals surface area (Å²) in [5.74, 6) is -0.184. The van der Waals surface area contributed by atoms with Crippen LogP contribution in [0.25, 0.3) is 10.9 Å². The Morgan fingerprint density at radius 2 is 1.85 bits per heavy atom. The fourth-order valence-corrected chi connectivity index (χ4v) is 4.64. The summed E-state index contributed by atoms with van der Waals surface area (Å²) in [5.41, 5.74) is 2.93. The molecule has 0 bridgehead atoms. The van der Waals surface area contributed by atoms with Crippen LogP contribution in [-0.4, -0.2) is 31.6 Å². The third kappa shape index (κ3) is 3.68. The minimum Gasteiger partial charge on any atom is -0.361 e. The molecule has 1 saturated carbocycles. The van der Waals surface area contributed by atoms with Gasteiger partial charge in [0.2, 0.25) is 15.9 Å². The van der Waals surface area contributed by atoms with Crippen molar-refractivity contribution < 1.29 is 13.2 Å². The molecule has 1 heterocycles. The van der Waals surface area contributed by atoms with Gasteiger partial charge >= 0.3 is 0 Å². The van der Waals surface area contributed by atoms with Gasteiger partial charge in [0.1, 0.15) is 0 Å². The average Bonchev–Trinajstić information content (AvgIpc) is 3.36. The average molecular weight is 383 g/mol. The summed E-state index contributed by atoms with van der Waals surface area (Å²) in [6, 6.07) is 14.8. The van der Waals surface area contributed by atoms with Gasteiger partial charge in [0.25, 0.3) is 0 Å². The van der Waals surface area contributed by atoms with Crippen LogP contribution < -0.4 is 9.62 Å². The maximum Gasteiger partial charge on any atom is 0.232 e. The van der Waals surface area contributed by atoms with Crippen LogP contribution in [0.1, 0.15) is 18.4 Å². The minimum absolute atomic E-state index is 0.0216. The van der Waals surface area contributed by atoms with Crippen molar-refractivity contribution in [3.63, 3.8) is 0 Å². The standard InChI is InChI=1S/C20H21N3O3S/c1-27(25,26)23(15-10-11-15)19-9-5-4-8-18(19)22-20(24)12-14-13-21-17-7-3-2-6-16(14)17/h2-9,13,15,21H,10-12H2,1H3,(H,22,24). The Bertz CT molecular complexity index is 1100. The molecular weight excluding hydrogens is 362 g/mol. The number of H-pyrrole nitrogens is 1. The second-order valence-electron chi connectivity index (χ2n) is 6.89. The second kappa shape index (κ2) is 6.74. The molecule has 0 unspecified atom stereocenters. The molecule has 1 aliphatic carbocycles. The Balaban J connectivity index is 1.59. The van der Waals surface area contributed by atoms with Crippen molar-refractivity contribution >= 4 is 38.2 Å². The maximum atomic E-state index is 12.6. The molecular formula is C20H21N3O3S. The number of aromatic amines is 1. The van der Waals surface area contributed by atoms with Gasteiger partial charge in [-0.1, -0.05) is 30.3 Å². The molecule has 3 aromatic rings. The molecule has 2 aromatic carbocycles. The van der Waals surface area contributed by atoms with Crippen molar-refractivity contribution in [1.29, 1.82) is 0 Å². The highest BCUT2D eigenvalue weighted by Crippen LogP contribution is 2.37. The SMILES string of the molecule is CS(=O)(=O)N(c1ccccc1NC(=O)Cc1c[nH]c2ccccc12)C1CC1. The van der Waals surface area contributed by atoms with Gasteiger partial charge in [-0.25, -0.2) is 8.42 Å². The van der Waals surface area contributed by atoms with Crippen molar-refractivity contribution in [1.82, 2.24) is 4.98 Å². The fraction of sp³-hybridized carbons (Fsp3) is 0.250. The number of para-hydroxylation sites is 3. The summed E-state index contributed by atoms with van der Waals surface area (Å²) in [6.07, 6.45) is 4.93. The second-order valence-corrected chi connectivity index (χ2v) is 8.75. The number of aromatic nitrogens is 1. The molecule has 27 heavy (non-hydrogen) atoms. The number of benzene rings is 2. The zero-order valence-electron chi connectivity index (χ0n) is 15.0. The Morgan fingerprint density at radius 3 is 2.59 bits per heavy atom. The van der Waals surface area contributed by atoms with Gasteiger partial charge in [0, 0.05) is 23.1 Å². The summed E-state index contributed by atoms with van der Waals surface area (Å²) in [6.45, 7) is 0. The highest BCUT2D eigenvalue weighted by atomic mass is 32.2. The number of sulfonamides is 1. The Morgan fingerprint density at radius 1 is 1.15 bits per heavy atom. The van der Waals surface area contributed by atoms with E-state index in [0.29, 0.717) is 11.4 Å². The van der Waals surface area contributed by atoms with E-state index >= 15 is 0 Å². The lowest BCUT2D eigenvalue weighted by molar-refractivity contribution is -0.115. The first-order valence-corrected chi connectivity index (χ1v) is 10.7. The predicted octanol–water partition coefficient (Wildman–Crippen LogP) is 3.28. The number of hydrogen-bond donors (Lipinski definition) is 2. The van der Waals surface area contributed by atoms with E-state index in [-0.39, 0.29) is 18.4 Å². The Kier molecular flexibility index (Phi) is 4.39. The van der Waals surface area contributed by atoms with Gasteiger partial charge in [-0.2, -0.15) is 0 Å². The number of nitrogens with zero attached hydrogens (tertiary/aromatic N) is 1. The molecule has 2 N–H and O–H groups in total. The van der Waals surface area contributed by atoms with Crippen LogP contribution in [0.4, 0.5) is 11.4 Å². The third-order valence-electron chi connectivity index (χ3n) is 4.68. The molecule has 0 radical (unpaired) electrons. The van der Waals surface area contributed by atoms with Crippen LogP contribution in [0, 0.1) is 0 Å². The molecule has 140 valence electrons. The quantitative estimate of drug-likeness (QED) is 0.685. The first-order chi connectivity index (χ1) is 12.9. The van der Waals surface area contributed by atoms with Crippen LogP contribution >= 0.6 is 0 Å². The molecule has 1 aromatic heterocycles. The van der Waals surface area contributed by atoms with Crippen LogP contribution in [0.5, 0.6) is 0 Å². The van der Waals surface area contributed by atoms with Gasteiger partial charge < -0.3 is 10.3 Å². The molecule has 0 spiro atoms. The fourth-order valence-electron chi connectivity index (χ4n) is 3.37. The van der Waals surface area contributed by atoms with E-state index in [1.54, 1.807) is 24.3 Å². The first kappa shape index (κ1) is 17.6. The van der Waals surface area contributed by atoms with E-state index in [1.807, 2.05) is 30.5 Å². The molecule has 1 aliphatic rings. The minimum atomic E-state index is -3.41. The number of anilines is 2. The zero-order valence-corrected chi connectivity index (χ0v) is 15.8. The normalized spacial score (nSPS) is 14.3. The van der Waals surface area contributed by atoms with Crippen LogP contribution in [-0.2, 0) is 21.2 Å². The monoisotopic (exact) mass is 383 g/mol. The summed E-state index contributed by atoms with van der Waals surface area (Å²) < 4.78 is 26.0. The van der Waals surface area contributed by atoms with Gasteiger partial charge in [-0.05, 0) is 36.6 Å². The predicted molar refractivity (Wildman–Crippen MR) is 107 cm³/mol. The van der Waals surface area contributed by atoms with Gasteiger partial charge in [-0.15, -0.1) is 0 Å². The van der Waals surface area contributed by atoms with E-state index in [4.69, 9.17) is 0 Å². The number of hydrogen-bond acceptors (Lipinski definition) is 3. The third-order valence-corrected chi connectivity index (χ3v) is 5.89. The van der Waals surface area contributed by atoms with Crippen LogP contribution in [0.15, 0.2) is 54.7 Å². The number of rotatable bonds is 6. The lowest BCUT2D eigenvalue weighted by atomic mass is 10.1. The van der Waals surface area contributed by atoms with E-state index in [9.17, 15) is 13.2 Å². The lowest BCUT2D eigenvalue weighted by Gasteiger charge is -2.24. The zero-order chi connectivity index (χ0) is 19.0. The number of amides is 1. The number of nitrogens with one attached hydrogen (secondary N) is 2. The van der Waals surface area contributed by atoms with Crippen LogP contribution in [0.2, 0.25) is 0 Å². The van der Waals surface area contributed by atoms with E-state index < -0.39 is 10.0 Å². The maximum absolute atomic E-state index is 12.6. The summed E-state index contributed by atoms with van der Waals surface area (Å²) in [7, 11) is -3.41. The van der Waals surface area contributed by atoms with Gasteiger partial charge in [0.05, 0.1) is 24.1 Å². The first-order valence-electron chi connectivity index (χ1n) is 8.87. The highest BCUT2D eigenvalue weighted by molar-refractivity contribution is 7.92. The molecule has 6 nitrogen and oxygen atoms in total. The topological polar surface area (TPSA) is 82.3 Å².